The first-order valence-corrected chi connectivity index (χ1v) is 10.8. The molecular formula is C21H23ClN2OS. The second-order valence-corrected chi connectivity index (χ2v) is 10.0. The monoisotopic (exact) mass is 386 g/mol. The number of amides is 1. The van der Waals surface area contributed by atoms with E-state index in [0.717, 1.165) is 33.6 Å². The summed E-state index contributed by atoms with van der Waals surface area (Å²) in [6.07, 6.45) is 8.01. The molecule has 3 nitrogen and oxygen atoms in total. The Morgan fingerprint density at radius 1 is 1.15 bits per heavy atom. The lowest BCUT2D eigenvalue weighted by Gasteiger charge is -2.56. The molecule has 4 aliphatic rings. The van der Waals surface area contributed by atoms with Crippen LogP contribution in [0.5, 0.6) is 0 Å². The Kier molecular flexibility index (Phi) is 3.91. The lowest BCUT2D eigenvalue weighted by molar-refractivity contribution is -0.0128. The van der Waals surface area contributed by atoms with Crippen LogP contribution in [-0.4, -0.2) is 11.6 Å². The van der Waals surface area contributed by atoms with Crippen molar-refractivity contribution in [3.63, 3.8) is 0 Å². The van der Waals surface area contributed by atoms with Gasteiger partial charge < -0.3 is 0 Å². The number of hydrogen-bond donors (Lipinski definition) is 1. The predicted molar refractivity (Wildman–Crippen MR) is 108 cm³/mol. The van der Waals surface area contributed by atoms with Crippen molar-refractivity contribution in [3.05, 3.63) is 34.2 Å². The first kappa shape index (κ1) is 16.8. The summed E-state index contributed by atoms with van der Waals surface area (Å²) in [5.74, 6) is 2.43. The maximum Gasteiger partial charge on any atom is 0.283 e. The average Bonchev–Trinajstić information content (AvgIpc) is 2.95. The minimum Gasteiger partial charge on any atom is -0.266 e. The van der Waals surface area contributed by atoms with Crippen LogP contribution in [0.1, 0.15) is 55.1 Å². The molecular weight excluding hydrogens is 364 g/mol. The third-order valence-electron chi connectivity index (χ3n) is 6.87. The van der Waals surface area contributed by atoms with Gasteiger partial charge in [0.25, 0.3) is 5.91 Å². The Hall–Kier alpha value is -1.39. The van der Waals surface area contributed by atoms with Crippen LogP contribution in [0.3, 0.4) is 0 Å². The van der Waals surface area contributed by atoms with E-state index in [2.05, 4.69) is 17.5 Å². The van der Waals surface area contributed by atoms with Gasteiger partial charge in [0.1, 0.15) is 4.88 Å². The van der Waals surface area contributed by atoms with E-state index in [1.54, 1.807) is 0 Å². The maximum absolute atomic E-state index is 12.7. The maximum atomic E-state index is 12.7. The number of hydrogen-bond acceptors (Lipinski definition) is 3. The highest BCUT2D eigenvalue weighted by atomic mass is 35.5. The Labute approximate surface area is 162 Å². The molecule has 4 aliphatic carbocycles. The van der Waals surface area contributed by atoms with E-state index >= 15 is 0 Å². The van der Waals surface area contributed by atoms with E-state index in [0.29, 0.717) is 9.90 Å². The molecule has 1 aromatic carbocycles. The number of nitrogens with one attached hydrogen (secondary N) is 1. The first-order valence-electron chi connectivity index (χ1n) is 9.56. The molecule has 2 aromatic rings. The van der Waals surface area contributed by atoms with Crippen molar-refractivity contribution in [1.29, 1.82) is 0 Å². The van der Waals surface area contributed by atoms with Crippen LogP contribution >= 0.6 is 22.9 Å². The quantitative estimate of drug-likeness (QED) is 0.519. The van der Waals surface area contributed by atoms with Gasteiger partial charge in [-0.25, -0.2) is 5.43 Å². The van der Waals surface area contributed by atoms with Crippen molar-refractivity contribution in [2.24, 2.45) is 28.3 Å². The minimum absolute atomic E-state index is 0.194. The molecule has 4 saturated carbocycles. The number of hydrazone groups is 1. The highest BCUT2D eigenvalue weighted by Crippen LogP contribution is 2.60. The highest BCUT2D eigenvalue weighted by molar-refractivity contribution is 7.21. The first-order chi connectivity index (χ1) is 12.5. The molecule has 4 fully saturated rings. The molecule has 1 N–H and O–H groups in total. The molecule has 0 aliphatic heterocycles. The van der Waals surface area contributed by atoms with Crippen molar-refractivity contribution in [1.82, 2.24) is 5.43 Å². The number of carbonyl (C=O) groups is 1. The van der Waals surface area contributed by atoms with Gasteiger partial charge in [0.05, 0.1) is 5.02 Å². The Balaban J connectivity index is 1.37. The van der Waals surface area contributed by atoms with Crippen molar-refractivity contribution >= 4 is 44.6 Å². The summed E-state index contributed by atoms with van der Waals surface area (Å²) in [5.41, 5.74) is 4.14. The van der Waals surface area contributed by atoms with Gasteiger partial charge in [0.2, 0.25) is 0 Å². The number of carbonyl (C=O) groups excluding carboxylic acids is 1. The number of thiophene rings is 1. The van der Waals surface area contributed by atoms with Crippen LogP contribution in [0.2, 0.25) is 5.02 Å². The van der Waals surface area contributed by atoms with Crippen LogP contribution in [0.4, 0.5) is 0 Å². The summed E-state index contributed by atoms with van der Waals surface area (Å²) in [6, 6.07) is 7.85. The second kappa shape index (κ2) is 6.07. The fraction of sp³-hybridized carbons (Fsp3) is 0.524. The number of fused-ring (bicyclic) bond motifs is 1. The standard InChI is InChI=1S/C21H23ClN2OS/c1-12(21-9-13-6-14(10-21)8-15(7-13)11-21)23-24-20(25)19-18(22)16-4-2-3-5-17(16)26-19/h2-5,13-15H,6-11H2,1H3,(H,24,25)/b23-12-. The zero-order valence-corrected chi connectivity index (χ0v) is 16.5. The molecule has 4 bridgehead atoms. The Morgan fingerprint density at radius 2 is 1.77 bits per heavy atom. The van der Waals surface area contributed by atoms with Crippen molar-refractivity contribution in [3.8, 4) is 0 Å². The van der Waals surface area contributed by atoms with Gasteiger partial charge in [-0.3, -0.25) is 4.79 Å². The highest BCUT2D eigenvalue weighted by Gasteiger charge is 2.52. The minimum atomic E-state index is -0.194. The largest absolute Gasteiger partial charge is 0.283 e. The zero-order valence-electron chi connectivity index (χ0n) is 14.9. The number of benzene rings is 1. The number of nitrogens with zero attached hydrogens (tertiary/aromatic N) is 1. The second-order valence-electron chi connectivity index (χ2n) is 8.58. The van der Waals surface area contributed by atoms with Crippen LogP contribution < -0.4 is 5.43 Å². The van der Waals surface area contributed by atoms with E-state index in [1.807, 2.05) is 24.3 Å². The van der Waals surface area contributed by atoms with Crippen LogP contribution in [0.25, 0.3) is 10.1 Å². The van der Waals surface area contributed by atoms with Gasteiger partial charge in [-0.05, 0) is 69.3 Å². The van der Waals surface area contributed by atoms with Crippen molar-refractivity contribution in [2.45, 2.75) is 45.4 Å². The molecule has 6 rings (SSSR count). The molecule has 1 heterocycles. The summed E-state index contributed by atoms with van der Waals surface area (Å²) in [5, 5.41) is 6.04. The average molecular weight is 387 g/mol. The fourth-order valence-electron chi connectivity index (χ4n) is 6.02. The lowest BCUT2D eigenvalue weighted by atomic mass is 9.48. The lowest BCUT2D eigenvalue weighted by Crippen LogP contribution is -2.49. The van der Waals surface area contributed by atoms with Crippen molar-refractivity contribution in [2.75, 3.05) is 0 Å². The van der Waals surface area contributed by atoms with Crippen LogP contribution in [0, 0.1) is 23.2 Å². The van der Waals surface area contributed by atoms with E-state index < -0.39 is 0 Å². The number of rotatable bonds is 3. The zero-order chi connectivity index (χ0) is 17.9. The summed E-state index contributed by atoms with van der Waals surface area (Å²) >= 11 is 7.85. The third-order valence-corrected chi connectivity index (χ3v) is 8.55. The smallest absolute Gasteiger partial charge is 0.266 e. The SMILES string of the molecule is C/C(=N/NC(=O)c1sc2ccccc2c1Cl)C12CC3CC(CC(C3)C1)C2. The van der Waals surface area contributed by atoms with Crippen molar-refractivity contribution < 1.29 is 4.79 Å². The third kappa shape index (κ3) is 2.61. The Bertz CT molecular complexity index is 881. The van der Waals surface area contributed by atoms with Gasteiger partial charge >= 0.3 is 0 Å². The fourth-order valence-corrected chi connectivity index (χ4v) is 7.42. The van der Waals surface area contributed by atoms with E-state index in [9.17, 15) is 4.79 Å². The molecule has 0 unspecified atom stereocenters. The van der Waals surface area contributed by atoms with Crippen LogP contribution in [-0.2, 0) is 0 Å². The summed E-state index contributed by atoms with van der Waals surface area (Å²) in [4.78, 5) is 13.2. The topological polar surface area (TPSA) is 41.5 Å². The summed E-state index contributed by atoms with van der Waals surface area (Å²) in [6.45, 7) is 2.11. The predicted octanol–water partition coefficient (Wildman–Crippen LogP) is 5.88. The van der Waals surface area contributed by atoms with Gasteiger partial charge in [0, 0.05) is 21.2 Å². The van der Waals surface area contributed by atoms with Crippen LogP contribution in [0.15, 0.2) is 29.4 Å². The normalized spacial score (nSPS) is 33.0. The van der Waals surface area contributed by atoms with Gasteiger partial charge in [-0.1, -0.05) is 29.8 Å². The molecule has 136 valence electrons. The molecule has 0 spiro atoms. The Morgan fingerprint density at radius 3 is 2.38 bits per heavy atom. The molecule has 26 heavy (non-hydrogen) atoms. The van der Waals surface area contributed by atoms with Gasteiger partial charge in [-0.2, -0.15) is 5.10 Å². The van der Waals surface area contributed by atoms with E-state index in [4.69, 9.17) is 11.6 Å². The van der Waals surface area contributed by atoms with E-state index in [-0.39, 0.29) is 11.3 Å². The molecule has 1 amide bonds. The summed E-state index contributed by atoms with van der Waals surface area (Å²) in [7, 11) is 0. The molecule has 0 saturated heterocycles. The molecule has 5 heteroatoms. The molecule has 1 aromatic heterocycles. The summed E-state index contributed by atoms with van der Waals surface area (Å²) < 4.78 is 1.03. The van der Waals surface area contributed by atoms with Gasteiger partial charge in [-0.15, -0.1) is 11.3 Å². The number of halogens is 1. The molecule has 0 atom stereocenters. The molecule has 0 radical (unpaired) electrons. The van der Waals surface area contributed by atoms with E-state index in [1.165, 1.54) is 49.9 Å². The van der Waals surface area contributed by atoms with Gasteiger partial charge in [0.15, 0.2) is 0 Å².